The zero-order valence-corrected chi connectivity index (χ0v) is 35.6. The fourth-order valence-electron chi connectivity index (χ4n) is 4.95. The molecule has 324 valence electrons. The van der Waals surface area contributed by atoms with Gasteiger partial charge in [0.2, 0.25) is 23.6 Å². The number of amides is 4. The zero-order valence-electron chi connectivity index (χ0n) is 33.9. The van der Waals surface area contributed by atoms with Gasteiger partial charge in [0.25, 0.3) is 6.57 Å². The second-order valence-electron chi connectivity index (χ2n) is 12.4. The van der Waals surface area contributed by atoms with Crippen LogP contribution >= 0.6 is 18.0 Å². The van der Waals surface area contributed by atoms with E-state index in [9.17, 15) is 23.7 Å². The van der Waals surface area contributed by atoms with Gasteiger partial charge >= 0.3 is 0 Å². The van der Waals surface area contributed by atoms with Crippen molar-refractivity contribution in [1.82, 2.24) is 21.3 Å². The van der Waals surface area contributed by atoms with Gasteiger partial charge in [-0.3, -0.25) is 23.7 Å². The predicted molar refractivity (Wildman–Crippen MR) is 220 cm³/mol. The SMILES string of the molecule is C#CCOCCOCCNC(=O)CCC(CCC(=O)NCCOCCOCC#C)(CCC(=O)NCCOCCOCC#C)NC(=O)CCCCOP(=O)(CC)SC. The van der Waals surface area contributed by atoms with Crippen molar-refractivity contribution in [2.75, 3.05) is 118 Å². The molecule has 0 radical (unpaired) electrons. The van der Waals surface area contributed by atoms with E-state index in [0.29, 0.717) is 58.6 Å². The highest BCUT2D eigenvalue weighted by Gasteiger charge is 2.33. The number of ether oxygens (including phenoxy) is 6. The summed E-state index contributed by atoms with van der Waals surface area (Å²) in [5.74, 6) is 5.95. The molecule has 57 heavy (non-hydrogen) atoms. The Morgan fingerprint density at radius 2 is 0.947 bits per heavy atom. The molecule has 0 saturated carbocycles. The number of carbonyl (C=O) groups excluding carboxylic acids is 4. The van der Waals surface area contributed by atoms with Gasteiger partial charge in [0.1, 0.15) is 19.8 Å². The lowest BCUT2D eigenvalue weighted by Gasteiger charge is -2.35. The van der Waals surface area contributed by atoms with E-state index in [0.717, 1.165) is 0 Å². The maximum atomic E-state index is 13.5. The first kappa shape index (κ1) is 53.9. The van der Waals surface area contributed by atoms with Gasteiger partial charge in [-0.2, -0.15) is 0 Å². The number of carbonyl (C=O) groups is 4. The molecule has 0 heterocycles. The number of rotatable bonds is 39. The molecule has 0 aromatic rings. The van der Waals surface area contributed by atoms with Crippen molar-refractivity contribution in [3.63, 3.8) is 0 Å². The van der Waals surface area contributed by atoms with Gasteiger partial charge in [0.15, 0.2) is 0 Å². The fraction of sp³-hybridized carbons (Fsp3) is 0.744. The number of hydrogen-bond donors (Lipinski definition) is 4. The minimum Gasteiger partial charge on any atom is -0.377 e. The van der Waals surface area contributed by atoms with Crippen molar-refractivity contribution in [2.45, 2.75) is 70.3 Å². The van der Waals surface area contributed by atoms with Crippen LogP contribution in [0.2, 0.25) is 0 Å². The Hall–Kier alpha value is -3.14. The molecular formula is C39H65N4O12PS. The molecule has 0 rings (SSSR count). The van der Waals surface area contributed by atoms with E-state index in [1.165, 1.54) is 11.4 Å². The molecule has 0 aromatic heterocycles. The molecule has 4 amide bonds. The largest absolute Gasteiger partial charge is 0.377 e. The van der Waals surface area contributed by atoms with Crippen LogP contribution < -0.4 is 21.3 Å². The maximum Gasteiger partial charge on any atom is 0.257 e. The van der Waals surface area contributed by atoms with Crippen LogP contribution in [0.15, 0.2) is 0 Å². The van der Waals surface area contributed by atoms with Gasteiger partial charge in [-0.25, -0.2) is 0 Å². The second-order valence-corrected chi connectivity index (χ2v) is 17.6. The first-order valence-corrected chi connectivity index (χ1v) is 22.9. The van der Waals surface area contributed by atoms with E-state index in [1.54, 1.807) is 13.2 Å². The van der Waals surface area contributed by atoms with Crippen molar-refractivity contribution in [1.29, 1.82) is 0 Å². The standard InChI is InChI=1S/C39H65N4O12PS/c1-6-22-49-29-32-52-26-19-40-35(44)13-16-39(17-14-36(45)41-20-27-53-33-30-50-23-7-2,18-15-37(46)42-21-28-54-34-31-51-24-8-3)43-38(47)12-10-11-25-55-56(48,9-4)57-5/h1-3H,9-34H2,4-5H3,(H,40,44)(H,41,45)(H,42,46)(H,43,47). The fourth-order valence-corrected chi connectivity index (χ4v) is 7.22. The Kier molecular flexibility index (Phi) is 35.1. The maximum absolute atomic E-state index is 13.5. The van der Waals surface area contributed by atoms with Gasteiger partial charge in [0.05, 0.1) is 66.1 Å². The molecule has 0 saturated heterocycles. The highest BCUT2D eigenvalue weighted by molar-refractivity contribution is 8.56. The van der Waals surface area contributed by atoms with Crippen LogP contribution in [-0.2, 0) is 56.7 Å². The topological polar surface area (TPSA) is 198 Å². The lowest BCUT2D eigenvalue weighted by molar-refractivity contribution is -0.127. The molecule has 0 fully saturated rings. The Morgan fingerprint density at radius 3 is 1.30 bits per heavy atom. The number of unbranched alkanes of at least 4 members (excludes halogenated alkanes) is 1. The molecule has 0 aliphatic heterocycles. The Morgan fingerprint density at radius 1 is 0.561 bits per heavy atom. The van der Waals surface area contributed by atoms with E-state index in [2.05, 4.69) is 39.0 Å². The Bertz CT molecular complexity index is 1170. The molecule has 0 aliphatic rings. The predicted octanol–water partition coefficient (Wildman–Crippen LogP) is 2.29. The van der Waals surface area contributed by atoms with Crippen LogP contribution in [0.1, 0.15) is 64.7 Å². The third kappa shape index (κ3) is 32.5. The first-order valence-electron chi connectivity index (χ1n) is 19.3. The summed E-state index contributed by atoms with van der Waals surface area (Å²) in [7, 11) is 0. The van der Waals surface area contributed by atoms with E-state index >= 15 is 0 Å². The van der Waals surface area contributed by atoms with Crippen LogP contribution in [0.3, 0.4) is 0 Å². The Labute approximate surface area is 343 Å². The van der Waals surface area contributed by atoms with Crippen molar-refractivity contribution in [2.24, 2.45) is 0 Å². The monoisotopic (exact) mass is 844 g/mol. The van der Waals surface area contributed by atoms with Crippen molar-refractivity contribution in [3.8, 4) is 37.0 Å². The number of nitrogens with one attached hydrogen (secondary N) is 4. The average Bonchev–Trinajstić information content (AvgIpc) is 3.21. The summed E-state index contributed by atoms with van der Waals surface area (Å²) in [6.07, 6.45) is 19.2. The van der Waals surface area contributed by atoms with Gasteiger partial charge in [-0.1, -0.05) is 36.1 Å². The minimum absolute atomic E-state index is 0.00873. The minimum atomic E-state index is -2.75. The molecule has 1 atom stereocenters. The van der Waals surface area contributed by atoms with Crippen molar-refractivity contribution >= 4 is 41.6 Å². The summed E-state index contributed by atoms with van der Waals surface area (Å²) in [6.45, 7) is 3.32. The molecule has 1 unspecified atom stereocenters. The third-order valence-corrected chi connectivity index (χ3v) is 12.7. The van der Waals surface area contributed by atoms with E-state index < -0.39 is 12.1 Å². The van der Waals surface area contributed by atoms with Crippen LogP contribution in [0.5, 0.6) is 0 Å². The van der Waals surface area contributed by atoms with Crippen LogP contribution in [0, 0.1) is 37.0 Å². The number of hydrogen-bond acceptors (Lipinski definition) is 13. The third-order valence-electron chi connectivity index (χ3n) is 8.03. The highest BCUT2D eigenvalue weighted by Crippen LogP contribution is 2.57. The summed E-state index contributed by atoms with van der Waals surface area (Å²) in [6, 6.07) is 0. The average molecular weight is 845 g/mol. The lowest BCUT2D eigenvalue weighted by Crippen LogP contribution is -2.50. The quantitative estimate of drug-likeness (QED) is 0.0400. The molecular weight excluding hydrogens is 779 g/mol. The summed E-state index contributed by atoms with van der Waals surface area (Å²) < 4.78 is 50.0. The molecule has 0 aliphatic carbocycles. The second kappa shape index (κ2) is 37.2. The smallest absolute Gasteiger partial charge is 0.257 e. The highest BCUT2D eigenvalue weighted by atomic mass is 32.7. The van der Waals surface area contributed by atoms with Crippen LogP contribution in [0.25, 0.3) is 0 Å². The lowest BCUT2D eigenvalue weighted by atomic mass is 9.83. The summed E-state index contributed by atoms with van der Waals surface area (Å²) >= 11 is 1.20. The van der Waals surface area contributed by atoms with E-state index in [4.69, 9.17) is 52.2 Å². The van der Waals surface area contributed by atoms with Gasteiger partial charge in [-0.15, -0.1) is 19.3 Å². The molecule has 0 spiro atoms. The molecule has 0 aromatic carbocycles. The number of terminal acetylenes is 3. The summed E-state index contributed by atoms with van der Waals surface area (Å²) in [5.41, 5.74) is -1.09. The van der Waals surface area contributed by atoms with Crippen LogP contribution in [0.4, 0.5) is 0 Å². The van der Waals surface area contributed by atoms with Crippen molar-refractivity contribution in [3.05, 3.63) is 0 Å². The first-order chi connectivity index (χ1) is 27.6. The molecule has 16 nitrogen and oxygen atoms in total. The van der Waals surface area contributed by atoms with Crippen molar-refractivity contribution < 1.29 is 56.7 Å². The molecule has 0 bridgehead atoms. The summed E-state index contributed by atoms with van der Waals surface area (Å²) in [4.78, 5) is 52.4. The molecule has 4 N–H and O–H groups in total. The van der Waals surface area contributed by atoms with Gasteiger partial charge in [0, 0.05) is 57.0 Å². The zero-order chi connectivity index (χ0) is 42.3. The molecule has 18 heteroatoms. The van der Waals surface area contributed by atoms with E-state index in [1.807, 2.05) is 0 Å². The van der Waals surface area contributed by atoms with Crippen LogP contribution in [-0.4, -0.2) is 147 Å². The summed E-state index contributed by atoms with van der Waals surface area (Å²) in [5, 5.41) is 11.5. The van der Waals surface area contributed by atoms with Gasteiger partial charge < -0.3 is 54.2 Å². The Balaban J connectivity index is 5.62. The van der Waals surface area contributed by atoms with E-state index in [-0.39, 0.29) is 134 Å². The van der Waals surface area contributed by atoms with Gasteiger partial charge in [-0.05, 0) is 38.4 Å². The normalized spacial score (nSPS) is 12.1.